The van der Waals surface area contributed by atoms with Gasteiger partial charge in [-0.25, -0.2) is 0 Å². The Kier molecular flexibility index (Phi) is 5.91. The largest absolute Gasteiger partial charge is 0.316 e. The van der Waals surface area contributed by atoms with E-state index in [-0.39, 0.29) is 0 Å². The molecular formula is C18H29N. The third-order valence-electron chi connectivity index (χ3n) is 4.24. The van der Waals surface area contributed by atoms with E-state index in [2.05, 4.69) is 37.4 Å². The zero-order valence-electron chi connectivity index (χ0n) is 12.7. The summed E-state index contributed by atoms with van der Waals surface area (Å²) in [5, 5.41) is 3.59. The first-order valence-electron chi connectivity index (χ1n) is 8.14. The highest BCUT2D eigenvalue weighted by atomic mass is 14.8. The molecule has 0 aliphatic heterocycles. The highest BCUT2D eigenvalue weighted by Crippen LogP contribution is 2.24. The van der Waals surface area contributed by atoms with Gasteiger partial charge in [0.05, 0.1) is 0 Å². The molecule has 1 atom stereocenters. The van der Waals surface area contributed by atoms with Gasteiger partial charge in [0, 0.05) is 0 Å². The monoisotopic (exact) mass is 259 g/mol. The Morgan fingerprint density at radius 3 is 2.74 bits per heavy atom. The second kappa shape index (κ2) is 7.69. The van der Waals surface area contributed by atoms with Crippen LogP contribution in [0.3, 0.4) is 0 Å². The molecule has 0 aromatic heterocycles. The minimum absolute atomic E-state index is 0.802. The van der Waals surface area contributed by atoms with Crippen molar-refractivity contribution in [2.75, 3.05) is 13.1 Å². The van der Waals surface area contributed by atoms with Crippen molar-refractivity contribution in [2.24, 2.45) is 5.92 Å². The van der Waals surface area contributed by atoms with Crippen LogP contribution in [-0.4, -0.2) is 13.1 Å². The zero-order valence-corrected chi connectivity index (χ0v) is 12.7. The molecule has 0 radical (unpaired) electrons. The van der Waals surface area contributed by atoms with E-state index in [0.717, 1.165) is 12.5 Å². The molecule has 0 heterocycles. The molecule has 1 aromatic carbocycles. The number of rotatable bonds is 8. The molecule has 0 fully saturated rings. The van der Waals surface area contributed by atoms with Crippen LogP contribution >= 0.6 is 0 Å². The molecule has 1 aliphatic carbocycles. The Morgan fingerprint density at radius 1 is 1.11 bits per heavy atom. The lowest BCUT2D eigenvalue weighted by Gasteiger charge is -2.17. The molecule has 0 spiro atoms. The molecule has 1 unspecified atom stereocenters. The first-order valence-corrected chi connectivity index (χ1v) is 8.14. The Bertz CT molecular complexity index is 383. The lowest BCUT2D eigenvalue weighted by atomic mass is 9.93. The van der Waals surface area contributed by atoms with Crippen LogP contribution in [0.2, 0.25) is 0 Å². The topological polar surface area (TPSA) is 12.0 Å². The molecule has 1 aromatic rings. The number of hydrogen-bond donors (Lipinski definition) is 1. The SMILES string of the molecule is CCCNCC(CCC)Cc1ccc2c(c1)CCC2. The van der Waals surface area contributed by atoms with Crippen molar-refractivity contribution in [1.82, 2.24) is 5.32 Å². The quantitative estimate of drug-likeness (QED) is 0.692. The van der Waals surface area contributed by atoms with Gasteiger partial charge in [-0.3, -0.25) is 0 Å². The fourth-order valence-electron chi connectivity index (χ4n) is 3.25. The smallest absolute Gasteiger partial charge is 0.00173 e. The summed E-state index contributed by atoms with van der Waals surface area (Å²) in [6, 6.07) is 7.22. The van der Waals surface area contributed by atoms with Gasteiger partial charge in [-0.15, -0.1) is 0 Å². The van der Waals surface area contributed by atoms with Crippen LogP contribution < -0.4 is 5.32 Å². The maximum Gasteiger partial charge on any atom is -0.00173 e. The molecule has 1 heteroatoms. The number of nitrogens with one attached hydrogen (secondary N) is 1. The summed E-state index contributed by atoms with van der Waals surface area (Å²) in [6.45, 7) is 6.88. The van der Waals surface area contributed by atoms with Gasteiger partial charge in [-0.2, -0.15) is 0 Å². The van der Waals surface area contributed by atoms with E-state index in [9.17, 15) is 0 Å². The Balaban J connectivity index is 1.92. The van der Waals surface area contributed by atoms with Gasteiger partial charge in [0.25, 0.3) is 0 Å². The lowest BCUT2D eigenvalue weighted by Crippen LogP contribution is -2.25. The van der Waals surface area contributed by atoms with Crippen molar-refractivity contribution in [3.63, 3.8) is 0 Å². The molecule has 1 nitrogen and oxygen atoms in total. The first-order chi connectivity index (χ1) is 9.33. The van der Waals surface area contributed by atoms with E-state index in [1.165, 1.54) is 51.5 Å². The van der Waals surface area contributed by atoms with Crippen molar-refractivity contribution in [3.8, 4) is 0 Å². The van der Waals surface area contributed by atoms with Crippen molar-refractivity contribution in [2.45, 2.75) is 58.8 Å². The second-order valence-electron chi connectivity index (χ2n) is 6.02. The van der Waals surface area contributed by atoms with Gasteiger partial charge in [0.15, 0.2) is 0 Å². The summed E-state index contributed by atoms with van der Waals surface area (Å²) in [5.74, 6) is 0.802. The van der Waals surface area contributed by atoms with Crippen LogP contribution in [0.15, 0.2) is 18.2 Å². The van der Waals surface area contributed by atoms with Gasteiger partial charge in [-0.05, 0) is 74.2 Å². The molecule has 0 amide bonds. The normalized spacial score (nSPS) is 15.5. The minimum atomic E-state index is 0.802. The van der Waals surface area contributed by atoms with Gasteiger partial charge >= 0.3 is 0 Å². The van der Waals surface area contributed by atoms with Crippen LogP contribution in [0.5, 0.6) is 0 Å². The first kappa shape index (κ1) is 14.6. The average molecular weight is 259 g/mol. The van der Waals surface area contributed by atoms with Crippen LogP contribution in [0.4, 0.5) is 0 Å². The fourth-order valence-corrected chi connectivity index (χ4v) is 3.25. The van der Waals surface area contributed by atoms with Crippen molar-refractivity contribution in [1.29, 1.82) is 0 Å². The van der Waals surface area contributed by atoms with Crippen LogP contribution in [0, 0.1) is 5.92 Å². The maximum absolute atomic E-state index is 3.59. The molecule has 2 rings (SSSR count). The summed E-state index contributed by atoms with van der Waals surface area (Å²) < 4.78 is 0. The summed E-state index contributed by atoms with van der Waals surface area (Å²) in [5.41, 5.74) is 4.77. The van der Waals surface area contributed by atoms with Gasteiger partial charge in [-0.1, -0.05) is 38.5 Å². The number of benzene rings is 1. The highest BCUT2D eigenvalue weighted by molar-refractivity contribution is 5.35. The Hall–Kier alpha value is -0.820. The molecule has 0 bridgehead atoms. The van der Waals surface area contributed by atoms with E-state index in [1.807, 2.05) is 0 Å². The maximum atomic E-state index is 3.59. The van der Waals surface area contributed by atoms with E-state index < -0.39 is 0 Å². The molecule has 1 N–H and O–H groups in total. The van der Waals surface area contributed by atoms with Gasteiger partial charge in [0.1, 0.15) is 0 Å². The summed E-state index contributed by atoms with van der Waals surface area (Å²) in [6.07, 6.45) is 9.07. The zero-order chi connectivity index (χ0) is 13.5. The number of aryl methyl sites for hydroxylation is 2. The second-order valence-corrected chi connectivity index (χ2v) is 6.02. The Labute approximate surface area is 118 Å². The molecular weight excluding hydrogens is 230 g/mol. The average Bonchev–Trinajstić information content (AvgIpc) is 2.86. The summed E-state index contributed by atoms with van der Waals surface area (Å²) >= 11 is 0. The van der Waals surface area contributed by atoms with Gasteiger partial charge < -0.3 is 5.32 Å². The summed E-state index contributed by atoms with van der Waals surface area (Å²) in [4.78, 5) is 0. The summed E-state index contributed by atoms with van der Waals surface area (Å²) in [7, 11) is 0. The van der Waals surface area contributed by atoms with Crippen LogP contribution in [0.1, 0.15) is 56.2 Å². The van der Waals surface area contributed by atoms with Crippen molar-refractivity contribution in [3.05, 3.63) is 34.9 Å². The van der Waals surface area contributed by atoms with E-state index in [1.54, 1.807) is 16.7 Å². The van der Waals surface area contributed by atoms with Crippen molar-refractivity contribution >= 4 is 0 Å². The predicted molar refractivity (Wildman–Crippen MR) is 83.7 cm³/mol. The third kappa shape index (κ3) is 4.35. The molecule has 0 saturated heterocycles. The van der Waals surface area contributed by atoms with E-state index >= 15 is 0 Å². The fraction of sp³-hybridized carbons (Fsp3) is 0.667. The number of hydrogen-bond acceptors (Lipinski definition) is 1. The van der Waals surface area contributed by atoms with Crippen LogP contribution in [0.25, 0.3) is 0 Å². The molecule has 19 heavy (non-hydrogen) atoms. The molecule has 0 saturated carbocycles. The lowest BCUT2D eigenvalue weighted by molar-refractivity contribution is 0.439. The van der Waals surface area contributed by atoms with Crippen molar-refractivity contribution < 1.29 is 0 Å². The van der Waals surface area contributed by atoms with E-state index in [0.29, 0.717) is 0 Å². The standard InChI is InChI=1S/C18H29N/c1-3-6-16(14-19-11-4-2)12-15-9-10-17-7-5-8-18(17)13-15/h9-10,13,16,19H,3-8,11-12,14H2,1-2H3. The number of fused-ring (bicyclic) bond motifs is 1. The third-order valence-corrected chi connectivity index (χ3v) is 4.24. The highest BCUT2D eigenvalue weighted by Gasteiger charge is 2.13. The van der Waals surface area contributed by atoms with E-state index in [4.69, 9.17) is 0 Å². The van der Waals surface area contributed by atoms with Gasteiger partial charge in [0.2, 0.25) is 0 Å². The molecule has 106 valence electrons. The molecule has 1 aliphatic rings. The predicted octanol–water partition coefficient (Wildman–Crippen LogP) is 4.13. The van der Waals surface area contributed by atoms with Crippen LogP contribution in [-0.2, 0) is 19.3 Å². The Morgan fingerprint density at radius 2 is 1.95 bits per heavy atom. The minimum Gasteiger partial charge on any atom is -0.316 e.